The molecule has 1 N–H and O–H groups in total. The number of hydrogen-bond acceptors (Lipinski definition) is 3. The number of nitrogens with zero attached hydrogens (tertiary/aromatic N) is 2. The van der Waals surface area contributed by atoms with Gasteiger partial charge in [-0.3, -0.25) is 10.1 Å². The van der Waals surface area contributed by atoms with Crippen LogP contribution in [0.25, 0.3) is 0 Å². The summed E-state index contributed by atoms with van der Waals surface area (Å²) in [5, 5.41) is 3.52. The lowest BCUT2D eigenvalue weighted by Crippen LogP contribution is -2.43. The van der Waals surface area contributed by atoms with Crippen molar-refractivity contribution in [1.29, 1.82) is 0 Å². The number of likely N-dealkylation sites (tertiary alicyclic amines) is 1. The van der Waals surface area contributed by atoms with Gasteiger partial charge in [0.1, 0.15) is 0 Å². The van der Waals surface area contributed by atoms with Crippen molar-refractivity contribution in [2.45, 2.75) is 65.1 Å². The molecule has 2 aliphatic rings. The molecule has 4 heteroatoms. The van der Waals surface area contributed by atoms with Gasteiger partial charge >= 0.3 is 0 Å². The van der Waals surface area contributed by atoms with Crippen molar-refractivity contribution < 1.29 is 4.79 Å². The molecule has 2 unspecified atom stereocenters. The molecule has 20 heavy (non-hydrogen) atoms. The molecule has 0 aliphatic carbocycles. The van der Waals surface area contributed by atoms with E-state index in [2.05, 4.69) is 35.9 Å². The quantitative estimate of drug-likeness (QED) is 0.809. The molecule has 0 saturated carbocycles. The first-order valence-electron chi connectivity index (χ1n) is 8.48. The maximum Gasteiger partial charge on any atom is 0.241 e. The summed E-state index contributed by atoms with van der Waals surface area (Å²) in [6.07, 6.45) is 5.81. The molecular weight excluding hydrogens is 250 g/mol. The average Bonchev–Trinajstić information content (AvgIpc) is 2.77. The number of carbonyl (C=O) groups excluding carboxylic acids is 1. The van der Waals surface area contributed by atoms with E-state index in [1.165, 1.54) is 25.9 Å². The second-order valence-corrected chi connectivity index (χ2v) is 6.30. The summed E-state index contributed by atoms with van der Waals surface area (Å²) in [6, 6.07) is 0.0701. The molecule has 0 aromatic heterocycles. The Morgan fingerprint density at radius 2 is 1.90 bits per heavy atom. The van der Waals surface area contributed by atoms with E-state index >= 15 is 0 Å². The zero-order valence-corrected chi connectivity index (χ0v) is 13.4. The Labute approximate surface area is 123 Å². The lowest BCUT2D eigenvalue weighted by molar-refractivity contribution is -0.131. The summed E-state index contributed by atoms with van der Waals surface area (Å²) >= 11 is 0. The fraction of sp³-hybridized carbons (Fsp3) is 0.938. The molecule has 2 atom stereocenters. The van der Waals surface area contributed by atoms with Gasteiger partial charge in [0, 0.05) is 6.54 Å². The van der Waals surface area contributed by atoms with E-state index in [0.717, 1.165) is 32.4 Å². The van der Waals surface area contributed by atoms with E-state index in [9.17, 15) is 4.79 Å². The Bertz CT molecular complexity index is 313. The Morgan fingerprint density at radius 3 is 2.45 bits per heavy atom. The lowest BCUT2D eigenvalue weighted by Gasteiger charge is -2.34. The van der Waals surface area contributed by atoms with Crippen LogP contribution in [-0.4, -0.2) is 54.1 Å². The van der Waals surface area contributed by atoms with Gasteiger partial charge in [-0.15, -0.1) is 0 Å². The van der Waals surface area contributed by atoms with Crippen LogP contribution in [-0.2, 0) is 4.79 Å². The minimum Gasteiger partial charge on any atom is -0.326 e. The van der Waals surface area contributed by atoms with E-state index in [1.807, 2.05) is 0 Å². The maximum atomic E-state index is 12.5. The zero-order valence-electron chi connectivity index (χ0n) is 13.4. The minimum atomic E-state index is 0.0701. The van der Waals surface area contributed by atoms with Crippen LogP contribution in [0.4, 0.5) is 0 Å². The number of carbonyl (C=O) groups is 1. The molecule has 0 radical (unpaired) electrons. The monoisotopic (exact) mass is 281 g/mol. The van der Waals surface area contributed by atoms with Gasteiger partial charge in [0.15, 0.2) is 0 Å². The van der Waals surface area contributed by atoms with Crippen molar-refractivity contribution in [3.8, 4) is 0 Å². The predicted molar refractivity (Wildman–Crippen MR) is 82.5 cm³/mol. The third kappa shape index (κ3) is 3.53. The molecule has 0 aromatic carbocycles. The Hall–Kier alpha value is -0.610. The summed E-state index contributed by atoms with van der Waals surface area (Å²) in [7, 11) is 0. The molecular formula is C16H31N3O. The molecule has 1 amide bonds. The molecule has 2 heterocycles. The summed E-state index contributed by atoms with van der Waals surface area (Å²) < 4.78 is 0. The normalized spacial score (nSPS) is 29.4. The number of nitrogens with one attached hydrogen (secondary N) is 1. The number of hydrogen-bond donors (Lipinski definition) is 1. The van der Waals surface area contributed by atoms with E-state index in [1.54, 1.807) is 0 Å². The van der Waals surface area contributed by atoms with Gasteiger partial charge in [-0.25, -0.2) is 0 Å². The molecule has 0 spiro atoms. The topological polar surface area (TPSA) is 35.6 Å². The molecule has 2 rings (SSSR count). The van der Waals surface area contributed by atoms with Gasteiger partial charge in [0.2, 0.25) is 5.91 Å². The van der Waals surface area contributed by atoms with Crippen molar-refractivity contribution in [1.82, 2.24) is 15.1 Å². The highest BCUT2D eigenvalue weighted by atomic mass is 16.2. The van der Waals surface area contributed by atoms with E-state index in [-0.39, 0.29) is 12.2 Å². The Morgan fingerprint density at radius 1 is 1.20 bits per heavy atom. The van der Waals surface area contributed by atoms with Gasteiger partial charge in [-0.2, -0.15) is 0 Å². The fourth-order valence-electron chi connectivity index (χ4n) is 3.56. The predicted octanol–water partition coefficient (Wildman–Crippen LogP) is 2.05. The molecule has 4 nitrogen and oxygen atoms in total. The molecule has 116 valence electrons. The highest BCUT2D eigenvalue weighted by Gasteiger charge is 2.38. The van der Waals surface area contributed by atoms with Crippen molar-refractivity contribution in [2.24, 2.45) is 5.92 Å². The standard InChI is InChI=1S/C16H31N3O/c1-4-7-14-16(20)19(15(5-2)17-14)12-13-8-10-18(6-3)11-9-13/h13-15,17H,4-12H2,1-3H3. The van der Waals surface area contributed by atoms with Crippen LogP contribution in [0.1, 0.15) is 52.9 Å². The van der Waals surface area contributed by atoms with Crippen LogP contribution >= 0.6 is 0 Å². The van der Waals surface area contributed by atoms with Crippen molar-refractivity contribution in [2.75, 3.05) is 26.2 Å². The van der Waals surface area contributed by atoms with Crippen LogP contribution in [0, 0.1) is 5.92 Å². The lowest BCUT2D eigenvalue weighted by atomic mass is 9.96. The molecule has 2 fully saturated rings. The largest absolute Gasteiger partial charge is 0.326 e. The van der Waals surface area contributed by atoms with Gasteiger partial charge < -0.3 is 9.80 Å². The summed E-state index contributed by atoms with van der Waals surface area (Å²) in [5.41, 5.74) is 0. The van der Waals surface area contributed by atoms with E-state index in [4.69, 9.17) is 0 Å². The Kier molecular flexibility index (Phi) is 5.85. The zero-order chi connectivity index (χ0) is 14.5. The third-order valence-electron chi connectivity index (χ3n) is 4.92. The first-order chi connectivity index (χ1) is 9.69. The number of amides is 1. The van der Waals surface area contributed by atoms with Crippen LogP contribution in [0.3, 0.4) is 0 Å². The number of piperidine rings is 1. The third-order valence-corrected chi connectivity index (χ3v) is 4.92. The fourth-order valence-corrected chi connectivity index (χ4v) is 3.56. The molecule has 0 aromatic rings. The van der Waals surface area contributed by atoms with Crippen molar-refractivity contribution in [3.05, 3.63) is 0 Å². The molecule has 2 aliphatic heterocycles. The van der Waals surface area contributed by atoms with Crippen LogP contribution in [0.15, 0.2) is 0 Å². The van der Waals surface area contributed by atoms with Gasteiger partial charge in [0.25, 0.3) is 0 Å². The summed E-state index contributed by atoms with van der Waals surface area (Å²) in [4.78, 5) is 17.2. The Balaban J connectivity index is 1.89. The summed E-state index contributed by atoms with van der Waals surface area (Å²) in [5.74, 6) is 1.04. The van der Waals surface area contributed by atoms with Crippen molar-refractivity contribution >= 4 is 5.91 Å². The van der Waals surface area contributed by atoms with Gasteiger partial charge in [-0.05, 0) is 51.2 Å². The highest BCUT2D eigenvalue weighted by molar-refractivity contribution is 5.84. The average molecular weight is 281 g/mol. The molecule has 0 bridgehead atoms. The van der Waals surface area contributed by atoms with Crippen LogP contribution in [0.5, 0.6) is 0 Å². The second kappa shape index (κ2) is 7.41. The van der Waals surface area contributed by atoms with Crippen LogP contribution < -0.4 is 5.32 Å². The molecule has 2 saturated heterocycles. The minimum absolute atomic E-state index is 0.0701. The van der Waals surface area contributed by atoms with Gasteiger partial charge in [-0.1, -0.05) is 27.2 Å². The van der Waals surface area contributed by atoms with Gasteiger partial charge in [0.05, 0.1) is 12.2 Å². The van der Waals surface area contributed by atoms with E-state index < -0.39 is 0 Å². The first-order valence-corrected chi connectivity index (χ1v) is 8.48. The van der Waals surface area contributed by atoms with Crippen molar-refractivity contribution in [3.63, 3.8) is 0 Å². The SMILES string of the molecule is CCCC1NC(CC)N(CC2CCN(CC)CC2)C1=O. The highest BCUT2D eigenvalue weighted by Crippen LogP contribution is 2.23. The van der Waals surface area contributed by atoms with Crippen LogP contribution in [0.2, 0.25) is 0 Å². The first kappa shape index (κ1) is 15.8. The smallest absolute Gasteiger partial charge is 0.241 e. The second-order valence-electron chi connectivity index (χ2n) is 6.30. The maximum absolute atomic E-state index is 12.5. The summed E-state index contributed by atoms with van der Waals surface area (Å²) in [6.45, 7) is 11.1. The van der Waals surface area contributed by atoms with E-state index in [0.29, 0.717) is 11.8 Å². The number of rotatable bonds is 6.